The monoisotopic (exact) mass is 602 g/mol. The van der Waals surface area contributed by atoms with Crippen molar-refractivity contribution in [2.24, 2.45) is 0 Å². The molecule has 5 rings (SSSR count). The third kappa shape index (κ3) is 4.31. The molecule has 0 spiro atoms. The van der Waals surface area contributed by atoms with Crippen molar-refractivity contribution in [3.05, 3.63) is 134 Å². The first kappa shape index (κ1) is 24.5. The minimum atomic E-state index is -0.527. The van der Waals surface area contributed by atoms with Gasteiger partial charge < -0.3 is 9.84 Å². The maximum absolute atomic E-state index is 11.2. The molecule has 0 unspecified atom stereocenters. The zero-order valence-corrected chi connectivity index (χ0v) is 23.1. The van der Waals surface area contributed by atoms with Gasteiger partial charge in [-0.1, -0.05) is 86.0 Å². The van der Waals surface area contributed by atoms with Crippen LogP contribution in [0.3, 0.4) is 0 Å². The standard InChI is InChI=1S/C31H24Br2O3/c1-19-3-5-21(6-4-19)31(22-7-11-26(12-8-22)36-18-25(35)15-20(2)34)29-16-23(32)9-13-27(29)28-14-10-24(33)17-30(28)31/h3-17,35H,18H2,1-2H3. The fourth-order valence-electron chi connectivity index (χ4n) is 5.10. The molecule has 5 heteroatoms. The smallest absolute Gasteiger partial charge is 0.156 e. The fourth-order valence-corrected chi connectivity index (χ4v) is 5.82. The van der Waals surface area contributed by atoms with E-state index in [-0.39, 0.29) is 18.1 Å². The van der Waals surface area contributed by atoms with E-state index in [4.69, 9.17) is 4.74 Å². The lowest BCUT2D eigenvalue weighted by atomic mass is 9.67. The lowest BCUT2D eigenvalue weighted by molar-refractivity contribution is -0.112. The topological polar surface area (TPSA) is 46.5 Å². The van der Waals surface area contributed by atoms with E-state index in [9.17, 15) is 9.90 Å². The molecule has 180 valence electrons. The van der Waals surface area contributed by atoms with Gasteiger partial charge in [0.25, 0.3) is 0 Å². The molecule has 0 amide bonds. The highest BCUT2D eigenvalue weighted by Gasteiger charge is 2.46. The summed E-state index contributed by atoms with van der Waals surface area (Å²) in [6, 6.07) is 29.7. The summed E-state index contributed by atoms with van der Waals surface area (Å²) < 4.78 is 7.78. The normalized spacial score (nSPS) is 13.7. The number of hydrogen-bond donors (Lipinski definition) is 1. The van der Waals surface area contributed by atoms with E-state index < -0.39 is 5.41 Å². The van der Waals surface area contributed by atoms with Crippen molar-refractivity contribution in [1.29, 1.82) is 0 Å². The highest BCUT2D eigenvalue weighted by atomic mass is 79.9. The van der Waals surface area contributed by atoms with Crippen LogP contribution < -0.4 is 4.74 Å². The number of rotatable bonds is 6. The minimum Gasteiger partial charge on any atom is -0.509 e. The minimum absolute atomic E-state index is 0.0619. The number of ketones is 1. The number of aliphatic hydroxyl groups is 1. The second-order valence-corrected chi connectivity index (χ2v) is 10.9. The molecule has 36 heavy (non-hydrogen) atoms. The number of allylic oxidation sites excluding steroid dienone is 1. The summed E-state index contributed by atoms with van der Waals surface area (Å²) in [7, 11) is 0. The van der Waals surface area contributed by atoms with Gasteiger partial charge in [0.05, 0.1) is 5.41 Å². The van der Waals surface area contributed by atoms with Gasteiger partial charge in [0.1, 0.15) is 18.1 Å². The fraction of sp³-hybridized carbons (Fsp3) is 0.129. The third-order valence-electron chi connectivity index (χ3n) is 6.59. The van der Waals surface area contributed by atoms with Gasteiger partial charge in [-0.2, -0.15) is 0 Å². The van der Waals surface area contributed by atoms with Crippen LogP contribution in [0, 0.1) is 6.92 Å². The summed E-state index contributed by atoms with van der Waals surface area (Å²) in [5.74, 6) is 0.293. The predicted molar refractivity (Wildman–Crippen MR) is 151 cm³/mol. The van der Waals surface area contributed by atoms with Gasteiger partial charge in [-0.15, -0.1) is 0 Å². The Labute approximate surface area is 227 Å². The van der Waals surface area contributed by atoms with Crippen LogP contribution in [0.4, 0.5) is 0 Å². The largest absolute Gasteiger partial charge is 0.509 e. The van der Waals surface area contributed by atoms with Gasteiger partial charge in [0.15, 0.2) is 5.78 Å². The van der Waals surface area contributed by atoms with E-state index in [2.05, 4.69) is 112 Å². The molecule has 3 nitrogen and oxygen atoms in total. The van der Waals surface area contributed by atoms with Crippen LogP contribution in [-0.2, 0) is 10.2 Å². The summed E-state index contributed by atoms with van der Waals surface area (Å²) in [4.78, 5) is 11.2. The first-order valence-corrected chi connectivity index (χ1v) is 13.2. The number of aliphatic hydroxyl groups excluding tert-OH is 1. The molecular formula is C31H24Br2O3. The molecule has 0 saturated carbocycles. The molecule has 4 aromatic carbocycles. The van der Waals surface area contributed by atoms with E-state index in [1.807, 2.05) is 12.1 Å². The van der Waals surface area contributed by atoms with Crippen LogP contribution in [0.2, 0.25) is 0 Å². The molecule has 4 aromatic rings. The molecule has 0 saturated heterocycles. The number of ether oxygens (including phenoxy) is 1. The maximum atomic E-state index is 11.2. The van der Waals surface area contributed by atoms with Crippen molar-refractivity contribution in [2.45, 2.75) is 19.3 Å². The summed E-state index contributed by atoms with van der Waals surface area (Å²) in [6.45, 7) is 3.43. The molecule has 0 radical (unpaired) electrons. The highest BCUT2D eigenvalue weighted by molar-refractivity contribution is 9.10. The van der Waals surface area contributed by atoms with Crippen LogP contribution in [0.15, 0.2) is 106 Å². The Morgan fingerprint density at radius 3 is 1.83 bits per heavy atom. The molecule has 0 atom stereocenters. The Kier molecular flexibility index (Phi) is 6.62. The molecule has 1 N–H and O–H groups in total. The van der Waals surface area contributed by atoms with Crippen LogP contribution in [0.25, 0.3) is 11.1 Å². The first-order valence-electron chi connectivity index (χ1n) is 11.6. The van der Waals surface area contributed by atoms with Crippen molar-refractivity contribution in [3.8, 4) is 16.9 Å². The third-order valence-corrected chi connectivity index (χ3v) is 7.58. The Morgan fingerprint density at radius 2 is 1.33 bits per heavy atom. The van der Waals surface area contributed by atoms with E-state index in [0.29, 0.717) is 5.75 Å². The Balaban J connectivity index is 1.70. The molecule has 1 aliphatic carbocycles. The molecule has 0 fully saturated rings. The molecule has 0 bridgehead atoms. The van der Waals surface area contributed by atoms with Gasteiger partial charge in [-0.25, -0.2) is 0 Å². The van der Waals surface area contributed by atoms with Crippen molar-refractivity contribution in [2.75, 3.05) is 6.61 Å². The summed E-state index contributed by atoms with van der Waals surface area (Å²) in [6.07, 6.45) is 1.17. The van der Waals surface area contributed by atoms with Crippen molar-refractivity contribution in [3.63, 3.8) is 0 Å². The van der Waals surface area contributed by atoms with Crippen LogP contribution >= 0.6 is 31.9 Å². The van der Waals surface area contributed by atoms with E-state index in [1.54, 1.807) is 0 Å². The van der Waals surface area contributed by atoms with E-state index >= 15 is 0 Å². The predicted octanol–water partition coefficient (Wildman–Crippen LogP) is 8.29. The second kappa shape index (κ2) is 9.72. The van der Waals surface area contributed by atoms with Crippen LogP contribution in [0.5, 0.6) is 5.75 Å². The average Bonchev–Trinajstić information content (AvgIpc) is 3.12. The second-order valence-electron chi connectivity index (χ2n) is 9.06. The zero-order valence-electron chi connectivity index (χ0n) is 19.9. The number of benzene rings is 4. The molecule has 0 aromatic heterocycles. The van der Waals surface area contributed by atoms with E-state index in [1.165, 1.54) is 46.4 Å². The number of hydrogen-bond acceptors (Lipinski definition) is 3. The quantitative estimate of drug-likeness (QED) is 0.157. The van der Waals surface area contributed by atoms with Gasteiger partial charge in [0, 0.05) is 15.0 Å². The van der Waals surface area contributed by atoms with Crippen molar-refractivity contribution < 1.29 is 14.6 Å². The summed E-state index contributed by atoms with van der Waals surface area (Å²) in [5, 5.41) is 9.90. The Morgan fingerprint density at radius 1 is 0.833 bits per heavy atom. The maximum Gasteiger partial charge on any atom is 0.156 e. The lowest BCUT2D eigenvalue weighted by Crippen LogP contribution is -2.28. The average molecular weight is 604 g/mol. The van der Waals surface area contributed by atoms with Crippen molar-refractivity contribution in [1.82, 2.24) is 0 Å². The lowest BCUT2D eigenvalue weighted by Gasteiger charge is -2.34. The van der Waals surface area contributed by atoms with Gasteiger partial charge >= 0.3 is 0 Å². The molecule has 1 aliphatic rings. The molecule has 0 aliphatic heterocycles. The highest BCUT2D eigenvalue weighted by Crippen LogP contribution is 2.57. The van der Waals surface area contributed by atoms with Gasteiger partial charge in [0.2, 0.25) is 0 Å². The van der Waals surface area contributed by atoms with Crippen molar-refractivity contribution >= 4 is 37.6 Å². The SMILES string of the molecule is CC(=O)C=C(O)COc1ccc(C2(c3ccc(C)cc3)c3cc(Br)ccc3-c3ccc(Br)cc32)cc1. The Bertz CT molecular complexity index is 1430. The van der Waals surface area contributed by atoms with Crippen LogP contribution in [0.1, 0.15) is 34.7 Å². The molecule has 0 heterocycles. The summed E-state index contributed by atoms with van der Waals surface area (Å²) in [5.41, 5.74) is 7.81. The Hall–Kier alpha value is -3.15. The number of fused-ring (bicyclic) bond motifs is 3. The number of halogens is 2. The number of aryl methyl sites for hydroxylation is 1. The number of carbonyl (C=O) groups is 1. The van der Waals surface area contributed by atoms with E-state index in [0.717, 1.165) is 14.5 Å². The summed E-state index contributed by atoms with van der Waals surface area (Å²) >= 11 is 7.43. The number of carbonyl (C=O) groups excluding carboxylic acids is 1. The van der Waals surface area contributed by atoms with Gasteiger partial charge in [-0.3, -0.25) is 4.79 Å². The van der Waals surface area contributed by atoms with Crippen LogP contribution in [-0.4, -0.2) is 17.5 Å². The zero-order chi connectivity index (χ0) is 25.4. The first-order chi connectivity index (χ1) is 17.3. The molecular weight excluding hydrogens is 580 g/mol. The van der Waals surface area contributed by atoms with Gasteiger partial charge in [-0.05, 0) is 83.6 Å².